The van der Waals surface area contributed by atoms with Crippen LogP contribution in [-0.4, -0.2) is 36.5 Å². The minimum absolute atomic E-state index is 0.166. The van der Waals surface area contributed by atoms with Gasteiger partial charge in [0.15, 0.2) is 0 Å². The number of aliphatic hydroxyl groups is 2. The maximum absolute atomic E-state index is 8.96. The molecular formula is C14H24NO2+. The molecule has 0 bridgehead atoms. The lowest BCUT2D eigenvalue weighted by Crippen LogP contribution is -3.11. The smallest absolute Gasteiger partial charge is 0.103 e. The second-order valence-electron chi connectivity index (χ2n) is 4.77. The van der Waals surface area contributed by atoms with E-state index in [-0.39, 0.29) is 13.2 Å². The number of hydrogen-bond acceptors (Lipinski definition) is 2. The molecule has 17 heavy (non-hydrogen) atoms. The van der Waals surface area contributed by atoms with E-state index in [1.54, 1.807) is 0 Å². The summed E-state index contributed by atoms with van der Waals surface area (Å²) in [6, 6.07) is 8.61. The second-order valence-corrected chi connectivity index (χ2v) is 4.77. The highest BCUT2D eigenvalue weighted by Gasteiger charge is 2.08. The third-order valence-corrected chi connectivity index (χ3v) is 3.03. The molecule has 0 fully saturated rings. The molecule has 1 aromatic rings. The van der Waals surface area contributed by atoms with Gasteiger partial charge in [-0.2, -0.15) is 0 Å². The average Bonchev–Trinajstić information content (AvgIpc) is 2.30. The van der Waals surface area contributed by atoms with Crippen LogP contribution in [0.5, 0.6) is 0 Å². The summed E-state index contributed by atoms with van der Waals surface area (Å²) in [5, 5.41) is 17.9. The van der Waals surface area contributed by atoms with Gasteiger partial charge in [0, 0.05) is 5.56 Å². The largest absolute Gasteiger partial charge is 0.391 e. The van der Waals surface area contributed by atoms with E-state index < -0.39 is 0 Å². The van der Waals surface area contributed by atoms with Crippen LogP contribution in [0, 0.1) is 0 Å². The van der Waals surface area contributed by atoms with Crippen molar-refractivity contribution in [3.05, 3.63) is 35.4 Å². The Hall–Kier alpha value is -0.900. The number of rotatable bonds is 7. The zero-order valence-electron chi connectivity index (χ0n) is 10.8. The summed E-state index contributed by atoms with van der Waals surface area (Å²) in [6.45, 7) is 6.94. The van der Waals surface area contributed by atoms with Crippen LogP contribution in [0.1, 0.15) is 30.9 Å². The van der Waals surface area contributed by atoms with Crippen molar-refractivity contribution >= 4 is 0 Å². The van der Waals surface area contributed by atoms with Gasteiger partial charge in [0.05, 0.1) is 13.2 Å². The molecule has 1 aromatic carbocycles. The Bertz CT molecular complexity index is 303. The average molecular weight is 238 g/mol. The van der Waals surface area contributed by atoms with Crippen LogP contribution in [0.3, 0.4) is 0 Å². The topological polar surface area (TPSA) is 44.9 Å². The highest BCUT2D eigenvalue weighted by molar-refractivity contribution is 5.24. The lowest BCUT2D eigenvalue weighted by Gasteiger charge is -2.17. The quantitative estimate of drug-likeness (QED) is 0.634. The highest BCUT2D eigenvalue weighted by atomic mass is 16.3. The van der Waals surface area contributed by atoms with Crippen LogP contribution in [-0.2, 0) is 6.54 Å². The van der Waals surface area contributed by atoms with Crippen molar-refractivity contribution in [3.63, 3.8) is 0 Å². The van der Waals surface area contributed by atoms with Gasteiger partial charge >= 0.3 is 0 Å². The van der Waals surface area contributed by atoms with Gasteiger partial charge in [-0.1, -0.05) is 38.1 Å². The minimum atomic E-state index is 0.166. The Morgan fingerprint density at radius 2 is 1.53 bits per heavy atom. The number of aliphatic hydroxyl groups excluding tert-OH is 2. The highest BCUT2D eigenvalue weighted by Crippen LogP contribution is 2.14. The van der Waals surface area contributed by atoms with Gasteiger partial charge in [0.1, 0.15) is 19.6 Å². The Labute approximate surface area is 104 Å². The van der Waals surface area contributed by atoms with Crippen LogP contribution < -0.4 is 4.90 Å². The van der Waals surface area contributed by atoms with Gasteiger partial charge in [0.2, 0.25) is 0 Å². The zero-order valence-corrected chi connectivity index (χ0v) is 10.8. The van der Waals surface area contributed by atoms with Gasteiger partial charge < -0.3 is 15.1 Å². The van der Waals surface area contributed by atoms with E-state index in [1.165, 1.54) is 16.0 Å². The molecule has 3 N–H and O–H groups in total. The molecule has 0 atom stereocenters. The van der Waals surface area contributed by atoms with E-state index in [1.807, 2.05) is 0 Å². The molecule has 0 radical (unpaired) electrons. The number of nitrogens with one attached hydrogen (secondary N) is 1. The zero-order chi connectivity index (χ0) is 12.7. The molecule has 0 amide bonds. The Morgan fingerprint density at radius 1 is 1.00 bits per heavy atom. The van der Waals surface area contributed by atoms with E-state index in [9.17, 15) is 0 Å². The Balaban J connectivity index is 2.59. The van der Waals surface area contributed by atoms with Crippen LogP contribution in [0.2, 0.25) is 0 Å². The van der Waals surface area contributed by atoms with Gasteiger partial charge in [-0.05, 0) is 11.5 Å². The predicted octanol–water partition coefficient (Wildman–Crippen LogP) is 0.180. The second kappa shape index (κ2) is 7.43. The van der Waals surface area contributed by atoms with Crippen LogP contribution in [0.4, 0.5) is 0 Å². The van der Waals surface area contributed by atoms with Gasteiger partial charge in [-0.15, -0.1) is 0 Å². The molecular weight excluding hydrogens is 214 g/mol. The first-order valence-electron chi connectivity index (χ1n) is 6.31. The summed E-state index contributed by atoms with van der Waals surface area (Å²) in [6.07, 6.45) is 0. The fourth-order valence-electron chi connectivity index (χ4n) is 1.93. The Morgan fingerprint density at radius 3 is 1.94 bits per heavy atom. The van der Waals surface area contributed by atoms with Crippen molar-refractivity contribution in [2.24, 2.45) is 0 Å². The lowest BCUT2D eigenvalue weighted by molar-refractivity contribution is -0.914. The molecule has 96 valence electrons. The summed E-state index contributed by atoms with van der Waals surface area (Å²) >= 11 is 0. The SMILES string of the molecule is CC(C)c1ccc(C[NH+](CCO)CCO)cc1. The summed E-state index contributed by atoms with van der Waals surface area (Å²) in [5.74, 6) is 0.558. The maximum atomic E-state index is 8.96. The molecule has 0 aromatic heterocycles. The minimum Gasteiger partial charge on any atom is -0.391 e. The van der Waals surface area contributed by atoms with Gasteiger partial charge in [-0.25, -0.2) is 0 Å². The van der Waals surface area contributed by atoms with E-state index in [4.69, 9.17) is 10.2 Å². The van der Waals surface area contributed by atoms with Crippen molar-refractivity contribution in [2.45, 2.75) is 26.3 Å². The molecule has 0 unspecified atom stereocenters. The molecule has 0 saturated heterocycles. The van der Waals surface area contributed by atoms with Crippen molar-refractivity contribution in [1.29, 1.82) is 0 Å². The fourth-order valence-corrected chi connectivity index (χ4v) is 1.93. The molecule has 3 heteroatoms. The van der Waals surface area contributed by atoms with E-state index in [2.05, 4.69) is 38.1 Å². The lowest BCUT2D eigenvalue weighted by atomic mass is 10.0. The summed E-state index contributed by atoms with van der Waals surface area (Å²) in [5.41, 5.74) is 2.60. The first-order valence-corrected chi connectivity index (χ1v) is 6.31. The third kappa shape index (κ3) is 4.86. The molecule has 0 saturated carbocycles. The molecule has 0 aliphatic carbocycles. The molecule has 0 heterocycles. The first kappa shape index (κ1) is 14.2. The first-order chi connectivity index (χ1) is 8.17. The van der Waals surface area contributed by atoms with E-state index >= 15 is 0 Å². The normalized spacial score (nSPS) is 11.4. The predicted molar refractivity (Wildman–Crippen MR) is 69.1 cm³/mol. The number of hydrogen-bond donors (Lipinski definition) is 3. The third-order valence-electron chi connectivity index (χ3n) is 3.03. The maximum Gasteiger partial charge on any atom is 0.103 e. The standard InChI is InChI=1S/C14H23NO2/c1-12(2)14-5-3-13(4-6-14)11-15(7-9-16)8-10-17/h3-6,12,16-17H,7-11H2,1-2H3/p+1. The van der Waals surface area contributed by atoms with E-state index in [0.29, 0.717) is 19.0 Å². The number of quaternary nitrogens is 1. The summed E-state index contributed by atoms with van der Waals surface area (Å²) in [7, 11) is 0. The van der Waals surface area contributed by atoms with Crippen LogP contribution in [0.15, 0.2) is 24.3 Å². The van der Waals surface area contributed by atoms with Crippen LogP contribution >= 0.6 is 0 Å². The van der Waals surface area contributed by atoms with Crippen molar-refractivity contribution in [3.8, 4) is 0 Å². The monoisotopic (exact) mass is 238 g/mol. The number of benzene rings is 1. The molecule has 0 spiro atoms. The molecule has 0 aliphatic rings. The fraction of sp³-hybridized carbons (Fsp3) is 0.571. The molecule has 3 nitrogen and oxygen atoms in total. The summed E-state index contributed by atoms with van der Waals surface area (Å²) in [4.78, 5) is 1.22. The van der Waals surface area contributed by atoms with Crippen molar-refractivity contribution in [2.75, 3.05) is 26.3 Å². The molecule has 0 aliphatic heterocycles. The van der Waals surface area contributed by atoms with E-state index in [0.717, 1.165) is 6.54 Å². The summed E-state index contributed by atoms with van der Waals surface area (Å²) < 4.78 is 0. The van der Waals surface area contributed by atoms with Gasteiger partial charge in [0.25, 0.3) is 0 Å². The van der Waals surface area contributed by atoms with Gasteiger partial charge in [-0.3, -0.25) is 0 Å². The molecule has 1 rings (SSSR count). The van der Waals surface area contributed by atoms with Crippen molar-refractivity contribution in [1.82, 2.24) is 0 Å². The Kier molecular flexibility index (Phi) is 6.19. The van der Waals surface area contributed by atoms with Crippen LogP contribution in [0.25, 0.3) is 0 Å². The van der Waals surface area contributed by atoms with Crippen molar-refractivity contribution < 1.29 is 15.1 Å².